The van der Waals surface area contributed by atoms with E-state index >= 15 is 0 Å². The number of hydrogen-bond donors (Lipinski definition) is 1. The van der Waals surface area contributed by atoms with E-state index in [1.165, 1.54) is 10.5 Å². The molecular weight excluding hydrogens is 230 g/mol. The Morgan fingerprint density at radius 2 is 1.88 bits per heavy atom. The van der Waals surface area contributed by atoms with Crippen LogP contribution in [0.4, 0.5) is 0 Å². The van der Waals surface area contributed by atoms with Crippen LogP contribution in [-0.4, -0.2) is 24.5 Å². The zero-order valence-electron chi connectivity index (χ0n) is 10.8. The van der Waals surface area contributed by atoms with Crippen molar-refractivity contribution in [2.45, 2.75) is 36.6 Å². The van der Waals surface area contributed by atoms with Gasteiger partial charge in [-0.15, -0.1) is 11.8 Å². The lowest BCUT2D eigenvalue weighted by atomic mass is 9.66. The van der Waals surface area contributed by atoms with Crippen LogP contribution in [0.1, 0.15) is 26.3 Å². The molecule has 0 saturated carbocycles. The lowest BCUT2D eigenvalue weighted by Gasteiger charge is -2.51. The van der Waals surface area contributed by atoms with Crippen molar-refractivity contribution in [2.75, 3.05) is 19.0 Å². The molecule has 1 aliphatic rings. The van der Waals surface area contributed by atoms with Gasteiger partial charge in [-0.3, -0.25) is 0 Å². The highest BCUT2D eigenvalue weighted by molar-refractivity contribution is 7.99. The minimum absolute atomic E-state index is 0.0115. The average molecular weight is 251 g/mol. The molecule has 1 aromatic rings. The SMILES string of the molecule is CCSc1ccc(C2(C(C)(C)N)COC2)cc1. The van der Waals surface area contributed by atoms with Crippen LogP contribution in [0.5, 0.6) is 0 Å². The van der Waals surface area contributed by atoms with Gasteiger partial charge in [0.1, 0.15) is 0 Å². The molecule has 1 saturated heterocycles. The van der Waals surface area contributed by atoms with Gasteiger partial charge in [0.05, 0.1) is 18.6 Å². The first-order chi connectivity index (χ1) is 7.99. The standard InChI is InChI=1S/C14H21NOS/c1-4-17-12-7-5-11(6-8-12)14(9-16-10-14)13(2,3)15/h5-8H,4,9-10,15H2,1-3H3. The third-order valence-corrected chi connectivity index (χ3v) is 4.54. The minimum Gasteiger partial charge on any atom is -0.379 e. The second-order valence-electron chi connectivity index (χ2n) is 5.25. The summed E-state index contributed by atoms with van der Waals surface area (Å²) in [5.41, 5.74) is 7.36. The van der Waals surface area contributed by atoms with E-state index in [1.54, 1.807) is 0 Å². The number of nitrogens with two attached hydrogens (primary N) is 1. The summed E-state index contributed by atoms with van der Waals surface area (Å²) in [5, 5.41) is 0. The molecule has 0 aliphatic carbocycles. The maximum atomic E-state index is 6.32. The molecule has 0 unspecified atom stereocenters. The molecule has 0 aromatic heterocycles. The second-order valence-corrected chi connectivity index (χ2v) is 6.59. The van der Waals surface area contributed by atoms with Gasteiger partial charge in [-0.05, 0) is 37.3 Å². The molecule has 0 atom stereocenters. The van der Waals surface area contributed by atoms with E-state index in [-0.39, 0.29) is 11.0 Å². The van der Waals surface area contributed by atoms with E-state index in [1.807, 2.05) is 11.8 Å². The summed E-state index contributed by atoms with van der Waals surface area (Å²) < 4.78 is 5.41. The van der Waals surface area contributed by atoms with E-state index in [9.17, 15) is 0 Å². The van der Waals surface area contributed by atoms with Gasteiger partial charge in [-0.2, -0.15) is 0 Å². The Morgan fingerprint density at radius 1 is 1.29 bits per heavy atom. The van der Waals surface area contributed by atoms with E-state index < -0.39 is 0 Å². The van der Waals surface area contributed by atoms with E-state index in [2.05, 4.69) is 45.0 Å². The maximum Gasteiger partial charge on any atom is 0.0603 e. The fourth-order valence-electron chi connectivity index (χ4n) is 2.25. The van der Waals surface area contributed by atoms with Crippen molar-refractivity contribution in [3.63, 3.8) is 0 Å². The second kappa shape index (κ2) is 4.63. The summed E-state index contributed by atoms with van der Waals surface area (Å²) in [6, 6.07) is 8.79. The zero-order valence-corrected chi connectivity index (χ0v) is 11.6. The average Bonchev–Trinajstić information content (AvgIpc) is 2.17. The van der Waals surface area contributed by atoms with Gasteiger partial charge < -0.3 is 10.5 Å². The number of rotatable bonds is 4. The minimum atomic E-state index is -0.245. The Bertz CT molecular complexity index is 376. The van der Waals surface area contributed by atoms with E-state index in [0.29, 0.717) is 0 Å². The molecule has 1 aromatic carbocycles. The summed E-state index contributed by atoms with van der Waals surface area (Å²) in [7, 11) is 0. The Morgan fingerprint density at radius 3 is 2.24 bits per heavy atom. The van der Waals surface area contributed by atoms with Crippen LogP contribution >= 0.6 is 11.8 Å². The van der Waals surface area contributed by atoms with Gasteiger partial charge in [0.15, 0.2) is 0 Å². The van der Waals surface area contributed by atoms with Crippen molar-refractivity contribution in [1.82, 2.24) is 0 Å². The highest BCUT2D eigenvalue weighted by Crippen LogP contribution is 2.41. The van der Waals surface area contributed by atoms with Crippen molar-refractivity contribution in [2.24, 2.45) is 5.73 Å². The highest BCUT2D eigenvalue weighted by atomic mass is 32.2. The molecule has 1 fully saturated rings. The maximum absolute atomic E-state index is 6.32. The van der Waals surface area contributed by atoms with Crippen LogP contribution in [0, 0.1) is 0 Å². The summed E-state index contributed by atoms with van der Waals surface area (Å²) in [4.78, 5) is 1.32. The van der Waals surface area contributed by atoms with Crippen LogP contribution in [0.2, 0.25) is 0 Å². The van der Waals surface area contributed by atoms with Crippen LogP contribution in [0.15, 0.2) is 29.2 Å². The van der Waals surface area contributed by atoms with Crippen LogP contribution in [0.3, 0.4) is 0 Å². The molecule has 0 amide bonds. The topological polar surface area (TPSA) is 35.2 Å². The molecule has 94 valence electrons. The normalized spacial score (nSPS) is 18.8. The fourth-order valence-corrected chi connectivity index (χ4v) is 2.92. The summed E-state index contributed by atoms with van der Waals surface area (Å²) >= 11 is 1.87. The van der Waals surface area contributed by atoms with Gasteiger partial charge in [-0.1, -0.05) is 19.1 Å². The predicted molar refractivity (Wildman–Crippen MR) is 73.6 cm³/mol. The van der Waals surface area contributed by atoms with Gasteiger partial charge >= 0.3 is 0 Å². The first kappa shape index (κ1) is 12.9. The zero-order chi connectivity index (χ0) is 12.5. The molecule has 0 bridgehead atoms. The first-order valence-electron chi connectivity index (χ1n) is 6.09. The van der Waals surface area contributed by atoms with Crippen LogP contribution < -0.4 is 5.73 Å². The monoisotopic (exact) mass is 251 g/mol. The Balaban J connectivity index is 2.26. The molecule has 1 heterocycles. The predicted octanol–water partition coefficient (Wildman–Crippen LogP) is 2.80. The van der Waals surface area contributed by atoms with Gasteiger partial charge in [0.25, 0.3) is 0 Å². The molecule has 2 N–H and O–H groups in total. The van der Waals surface area contributed by atoms with Gasteiger partial charge in [0, 0.05) is 10.4 Å². The molecule has 0 radical (unpaired) electrons. The van der Waals surface area contributed by atoms with Crippen LogP contribution in [0.25, 0.3) is 0 Å². The van der Waals surface area contributed by atoms with Crippen molar-refractivity contribution in [3.05, 3.63) is 29.8 Å². The molecule has 2 rings (SSSR count). The lowest BCUT2D eigenvalue weighted by molar-refractivity contribution is -0.0919. The van der Waals surface area contributed by atoms with E-state index in [4.69, 9.17) is 10.5 Å². The molecular formula is C14H21NOS. The molecule has 2 nitrogen and oxygen atoms in total. The van der Waals surface area contributed by atoms with Gasteiger partial charge in [-0.25, -0.2) is 0 Å². The number of benzene rings is 1. The van der Waals surface area contributed by atoms with Crippen molar-refractivity contribution < 1.29 is 4.74 Å². The van der Waals surface area contributed by atoms with Crippen molar-refractivity contribution in [1.29, 1.82) is 0 Å². The number of thioether (sulfide) groups is 1. The molecule has 1 aliphatic heterocycles. The summed E-state index contributed by atoms with van der Waals surface area (Å²) in [6.07, 6.45) is 0. The number of ether oxygens (including phenoxy) is 1. The summed E-state index contributed by atoms with van der Waals surface area (Å²) in [6.45, 7) is 7.81. The largest absolute Gasteiger partial charge is 0.379 e. The van der Waals surface area contributed by atoms with Crippen LogP contribution in [-0.2, 0) is 10.2 Å². The lowest BCUT2D eigenvalue weighted by Crippen LogP contribution is -2.64. The van der Waals surface area contributed by atoms with Gasteiger partial charge in [0.2, 0.25) is 0 Å². The third-order valence-electron chi connectivity index (χ3n) is 3.65. The quantitative estimate of drug-likeness (QED) is 0.836. The molecule has 17 heavy (non-hydrogen) atoms. The summed E-state index contributed by atoms with van der Waals surface area (Å²) in [5.74, 6) is 1.11. The third kappa shape index (κ3) is 2.24. The Kier molecular flexibility index (Phi) is 3.53. The van der Waals surface area contributed by atoms with E-state index in [0.717, 1.165) is 19.0 Å². The Labute approximate surface area is 108 Å². The van der Waals surface area contributed by atoms with Crippen molar-refractivity contribution in [3.8, 4) is 0 Å². The number of hydrogen-bond acceptors (Lipinski definition) is 3. The Hall–Kier alpha value is -0.510. The smallest absolute Gasteiger partial charge is 0.0603 e. The first-order valence-corrected chi connectivity index (χ1v) is 7.08. The highest BCUT2D eigenvalue weighted by Gasteiger charge is 2.50. The fraction of sp³-hybridized carbons (Fsp3) is 0.571. The van der Waals surface area contributed by atoms with Crippen molar-refractivity contribution >= 4 is 11.8 Å². The molecule has 0 spiro atoms. The molecule has 3 heteroatoms.